The molecule has 0 atom stereocenters. The lowest BCUT2D eigenvalue weighted by atomic mass is 10.0. The number of hydrogen-bond acceptors (Lipinski definition) is 1. The van der Waals surface area contributed by atoms with Crippen molar-refractivity contribution < 1.29 is 0 Å². The van der Waals surface area contributed by atoms with Crippen molar-refractivity contribution in [3.63, 3.8) is 0 Å². The number of nitrogens with zero attached hydrogens (tertiary/aromatic N) is 1. The summed E-state index contributed by atoms with van der Waals surface area (Å²) in [6.45, 7) is 8.23. The highest BCUT2D eigenvalue weighted by atomic mass is 35.5. The fourth-order valence-electron chi connectivity index (χ4n) is 1.48. The van der Waals surface area contributed by atoms with Crippen LogP contribution in [-0.2, 0) is 0 Å². The van der Waals surface area contributed by atoms with Crippen LogP contribution in [0.3, 0.4) is 0 Å². The maximum atomic E-state index is 6.09. The number of halogens is 1. The lowest BCUT2D eigenvalue weighted by Crippen LogP contribution is -1.97. The van der Waals surface area contributed by atoms with E-state index in [-0.39, 0.29) is 0 Å². The van der Waals surface area contributed by atoms with Gasteiger partial charge in [0, 0.05) is 16.4 Å². The van der Waals surface area contributed by atoms with Gasteiger partial charge in [-0.25, -0.2) is 0 Å². The zero-order valence-corrected chi connectivity index (χ0v) is 8.74. The van der Waals surface area contributed by atoms with Crippen LogP contribution in [0.2, 0.25) is 5.02 Å². The van der Waals surface area contributed by atoms with Crippen LogP contribution in [0.1, 0.15) is 36.7 Å². The summed E-state index contributed by atoms with van der Waals surface area (Å²) in [5, 5.41) is 0.843. The summed E-state index contributed by atoms with van der Waals surface area (Å²) < 4.78 is 0. The molecule has 0 aromatic carbocycles. The van der Waals surface area contributed by atoms with E-state index in [2.05, 4.69) is 18.8 Å². The van der Waals surface area contributed by atoms with Crippen molar-refractivity contribution >= 4 is 11.6 Å². The number of aryl methyl sites for hydroxylation is 2. The summed E-state index contributed by atoms with van der Waals surface area (Å²) in [5.41, 5.74) is 3.21. The van der Waals surface area contributed by atoms with Gasteiger partial charge in [-0.05, 0) is 31.4 Å². The minimum absolute atomic E-state index is 0.450. The quantitative estimate of drug-likeness (QED) is 0.650. The first-order chi connectivity index (χ1) is 5.52. The van der Waals surface area contributed by atoms with E-state index in [1.54, 1.807) is 0 Å². The van der Waals surface area contributed by atoms with Gasteiger partial charge in [0.1, 0.15) is 0 Å². The van der Waals surface area contributed by atoms with Crippen molar-refractivity contribution in [2.75, 3.05) is 0 Å². The van der Waals surface area contributed by atoms with Gasteiger partial charge >= 0.3 is 0 Å². The zero-order valence-electron chi connectivity index (χ0n) is 7.98. The molecule has 0 spiro atoms. The van der Waals surface area contributed by atoms with Crippen molar-refractivity contribution in [1.82, 2.24) is 4.98 Å². The Labute approximate surface area is 78.8 Å². The number of aromatic nitrogens is 1. The third kappa shape index (κ3) is 1.78. The topological polar surface area (TPSA) is 12.9 Å². The van der Waals surface area contributed by atoms with Crippen molar-refractivity contribution in [2.24, 2.45) is 0 Å². The summed E-state index contributed by atoms with van der Waals surface area (Å²) in [6, 6.07) is 1.92. The average molecular weight is 184 g/mol. The van der Waals surface area contributed by atoms with Gasteiger partial charge in [0.25, 0.3) is 0 Å². The predicted octanol–water partition coefficient (Wildman–Crippen LogP) is 3.48. The molecule has 0 amide bonds. The second kappa shape index (κ2) is 3.44. The average Bonchev–Trinajstić information content (AvgIpc) is 1.82. The van der Waals surface area contributed by atoms with Gasteiger partial charge in [-0.3, -0.25) is 4.98 Å². The molecule has 1 aromatic rings. The van der Waals surface area contributed by atoms with Crippen LogP contribution in [0.25, 0.3) is 0 Å². The van der Waals surface area contributed by atoms with Crippen molar-refractivity contribution in [2.45, 2.75) is 33.6 Å². The molecule has 1 nitrogen and oxygen atoms in total. The Bertz CT molecular complexity index is 269. The van der Waals surface area contributed by atoms with Gasteiger partial charge in [-0.15, -0.1) is 0 Å². The number of rotatable bonds is 1. The van der Waals surface area contributed by atoms with Gasteiger partial charge in [0.15, 0.2) is 0 Å². The maximum Gasteiger partial charge on any atom is 0.0476 e. The molecule has 0 radical (unpaired) electrons. The molecule has 12 heavy (non-hydrogen) atoms. The third-order valence-corrected chi connectivity index (χ3v) is 2.22. The van der Waals surface area contributed by atoms with E-state index in [1.807, 2.05) is 19.9 Å². The van der Waals surface area contributed by atoms with Gasteiger partial charge in [-0.2, -0.15) is 0 Å². The summed E-state index contributed by atoms with van der Waals surface area (Å²) >= 11 is 6.09. The molecular formula is C10H14ClN. The molecule has 0 unspecified atom stereocenters. The predicted molar refractivity (Wildman–Crippen MR) is 52.8 cm³/mol. The van der Waals surface area contributed by atoms with Gasteiger partial charge in [0.2, 0.25) is 0 Å². The standard InChI is InChI=1S/C10H14ClN/c1-6(2)10-8(4)12-7(3)5-9(10)11/h5-6H,1-4H3. The summed E-state index contributed by atoms with van der Waals surface area (Å²) in [4.78, 5) is 4.37. The van der Waals surface area contributed by atoms with E-state index in [0.29, 0.717) is 5.92 Å². The molecule has 0 N–H and O–H groups in total. The van der Waals surface area contributed by atoms with E-state index in [9.17, 15) is 0 Å². The Morgan fingerprint density at radius 3 is 2.33 bits per heavy atom. The first-order valence-electron chi connectivity index (χ1n) is 4.16. The number of pyridine rings is 1. The Morgan fingerprint density at radius 2 is 1.92 bits per heavy atom. The van der Waals surface area contributed by atoms with Crippen LogP contribution in [0.5, 0.6) is 0 Å². The smallest absolute Gasteiger partial charge is 0.0476 e. The van der Waals surface area contributed by atoms with Crippen LogP contribution in [-0.4, -0.2) is 4.98 Å². The highest BCUT2D eigenvalue weighted by Crippen LogP contribution is 2.26. The van der Waals surface area contributed by atoms with Crippen LogP contribution in [0.15, 0.2) is 6.07 Å². The number of hydrogen-bond donors (Lipinski definition) is 0. The molecule has 0 aliphatic heterocycles. The molecule has 0 aliphatic rings. The normalized spacial score (nSPS) is 10.8. The van der Waals surface area contributed by atoms with Crippen molar-refractivity contribution in [1.29, 1.82) is 0 Å². The highest BCUT2D eigenvalue weighted by molar-refractivity contribution is 6.31. The van der Waals surface area contributed by atoms with E-state index in [0.717, 1.165) is 16.4 Å². The van der Waals surface area contributed by atoms with Gasteiger partial charge < -0.3 is 0 Å². The molecule has 0 saturated heterocycles. The van der Waals surface area contributed by atoms with Crippen molar-refractivity contribution in [3.05, 3.63) is 28.0 Å². The van der Waals surface area contributed by atoms with Crippen molar-refractivity contribution in [3.8, 4) is 0 Å². The third-order valence-electron chi connectivity index (χ3n) is 1.90. The molecule has 0 aliphatic carbocycles. The SMILES string of the molecule is Cc1cc(Cl)c(C(C)C)c(C)n1. The second-order valence-electron chi connectivity index (χ2n) is 3.40. The molecule has 1 heterocycles. The Balaban J connectivity index is 3.28. The molecule has 0 bridgehead atoms. The van der Waals surface area contributed by atoms with Crippen LogP contribution < -0.4 is 0 Å². The molecule has 1 aromatic heterocycles. The van der Waals surface area contributed by atoms with E-state index in [4.69, 9.17) is 11.6 Å². The summed E-state index contributed by atoms with van der Waals surface area (Å²) in [5.74, 6) is 0.450. The Hall–Kier alpha value is -0.560. The van der Waals surface area contributed by atoms with Crippen LogP contribution in [0.4, 0.5) is 0 Å². The lowest BCUT2D eigenvalue weighted by molar-refractivity contribution is 0.839. The van der Waals surface area contributed by atoms with E-state index in [1.165, 1.54) is 5.56 Å². The Kier molecular flexibility index (Phi) is 2.73. The molecule has 1 rings (SSSR count). The fourth-order valence-corrected chi connectivity index (χ4v) is 2.00. The van der Waals surface area contributed by atoms with Crippen LogP contribution in [0, 0.1) is 13.8 Å². The van der Waals surface area contributed by atoms with Crippen LogP contribution >= 0.6 is 11.6 Å². The molecule has 66 valence electrons. The van der Waals surface area contributed by atoms with Gasteiger partial charge in [0.05, 0.1) is 0 Å². The first-order valence-corrected chi connectivity index (χ1v) is 4.53. The Morgan fingerprint density at radius 1 is 1.33 bits per heavy atom. The minimum Gasteiger partial charge on any atom is -0.258 e. The fraction of sp³-hybridized carbons (Fsp3) is 0.500. The monoisotopic (exact) mass is 183 g/mol. The largest absolute Gasteiger partial charge is 0.258 e. The molecule has 2 heteroatoms. The molecule has 0 fully saturated rings. The first kappa shape index (κ1) is 9.53. The molecular weight excluding hydrogens is 170 g/mol. The zero-order chi connectivity index (χ0) is 9.30. The van der Waals surface area contributed by atoms with Gasteiger partial charge in [-0.1, -0.05) is 25.4 Å². The maximum absolute atomic E-state index is 6.09. The minimum atomic E-state index is 0.450. The summed E-state index contributed by atoms with van der Waals surface area (Å²) in [6.07, 6.45) is 0. The second-order valence-corrected chi connectivity index (χ2v) is 3.81. The molecule has 0 saturated carbocycles. The van der Waals surface area contributed by atoms with E-state index < -0.39 is 0 Å². The van der Waals surface area contributed by atoms with E-state index >= 15 is 0 Å². The lowest BCUT2D eigenvalue weighted by Gasteiger charge is -2.11. The highest BCUT2D eigenvalue weighted by Gasteiger charge is 2.09. The summed E-state index contributed by atoms with van der Waals surface area (Å²) in [7, 11) is 0.